The highest BCUT2D eigenvalue weighted by Gasteiger charge is 2.03. The number of rotatable bonds is 1. The van der Waals surface area contributed by atoms with Gasteiger partial charge in [-0.3, -0.25) is 0 Å². The minimum Gasteiger partial charge on any atom is -0.308 e. The fourth-order valence-corrected chi connectivity index (χ4v) is 1.59. The molecule has 2 nitrogen and oxygen atoms in total. The summed E-state index contributed by atoms with van der Waals surface area (Å²) in [6.45, 7) is 1.95. The molecule has 1 aromatic carbocycles. The van der Waals surface area contributed by atoms with Gasteiger partial charge in [-0.1, -0.05) is 11.6 Å². The molecule has 0 aliphatic rings. The molecule has 74 valence electrons. The number of nitrogens with zero attached hydrogens (tertiary/aromatic N) is 2. The van der Waals surface area contributed by atoms with Crippen LogP contribution in [0.15, 0.2) is 36.5 Å². The van der Waals surface area contributed by atoms with Gasteiger partial charge >= 0.3 is 0 Å². The van der Waals surface area contributed by atoms with Gasteiger partial charge in [0.2, 0.25) is 0 Å². The average Bonchev–Trinajstić information content (AvgIpc) is 2.70. The second kappa shape index (κ2) is 3.80. The summed E-state index contributed by atoms with van der Waals surface area (Å²) in [6, 6.07) is 11.5. The number of aryl methyl sites for hydroxylation is 1. The van der Waals surface area contributed by atoms with Crippen LogP contribution in [0.3, 0.4) is 0 Å². The van der Waals surface area contributed by atoms with Crippen LogP contribution < -0.4 is 0 Å². The third-order valence-electron chi connectivity index (χ3n) is 2.28. The van der Waals surface area contributed by atoms with Crippen LogP contribution in [0.25, 0.3) is 5.69 Å². The van der Waals surface area contributed by atoms with Crippen LogP contribution in [0.2, 0.25) is 5.02 Å². The molecular formula is C12H9ClN2. The quantitative estimate of drug-likeness (QED) is 0.719. The summed E-state index contributed by atoms with van der Waals surface area (Å²) in [5, 5.41) is 9.64. The summed E-state index contributed by atoms with van der Waals surface area (Å²) < 4.78 is 1.84. The summed E-state index contributed by atoms with van der Waals surface area (Å²) in [4.78, 5) is 0. The molecule has 0 saturated heterocycles. The van der Waals surface area contributed by atoms with E-state index in [9.17, 15) is 0 Å². The van der Waals surface area contributed by atoms with Crippen LogP contribution in [0.1, 0.15) is 11.3 Å². The van der Waals surface area contributed by atoms with Gasteiger partial charge in [0.1, 0.15) is 11.8 Å². The Balaban J connectivity index is 2.56. The van der Waals surface area contributed by atoms with Crippen LogP contribution in [-0.2, 0) is 0 Å². The number of halogens is 1. The zero-order valence-corrected chi connectivity index (χ0v) is 8.99. The SMILES string of the molecule is Cc1cc(-n2cccc2C#N)ccc1Cl. The Kier molecular flexibility index (Phi) is 2.49. The third-order valence-corrected chi connectivity index (χ3v) is 2.71. The Morgan fingerprint density at radius 2 is 2.13 bits per heavy atom. The molecule has 0 unspecified atom stereocenters. The highest BCUT2D eigenvalue weighted by molar-refractivity contribution is 6.31. The summed E-state index contributed by atoms with van der Waals surface area (Å²) in [6.07, 6.45) is 1.86. The molecule has 0 amide bonds. The molecular weight excluding hydrogens is 208 g/mol. The lowest BCUT2D eigenvalue weighted by atomic mass is 10.2. The molecule has 2 rings (SSSR count). The third kappa shape index (κ3) is 1.74. The highest BCUT2D eigenvalue weighted by atomic mass is 35.5. The molecule has 0 bridgehead atoms. The van der Waals surface area contributed by atoms with E-state index in [1.165, 1.54) is 0 Å². The maximum absolute atomic E-state index is 8.90. The Bertz CT molecular complexity index is 535. The van der Waals surface area contributed by atoms with Crippen molar-refractivity contribution in [2.75, 3.05) is 0 Å². The first kappa shape index (κ1) is 9.82. The van der Waals surface area contributed by atoms with Crippen molar-refractivity contribution in [2.45, 2.75) is 6.92 Å². The summed E-state index contributed by atoms with van der Waals surface area (Å²) in [5.74, 6) is 0. The monoisotopic (exact) mass is 216 g/mol. The van der Waals surface area contributed by atoms with E-state index in [-0.39, 0.29) is 0 Å². The maximum Gasteiger partial charge on any atom is 0.124 e. The van der Waals surface area contributed by atoms with Crippen molar-refractivity contribution in [3.05, 3.63) is 52.8 Å². The molecule has 3 heteroatoms. The van der Waals surface area contributed by atoms with Crippen molar-refractivity contribution in [3.8, 4) is 11.8 Å². The Morgan fingerprint density at radius 1 is 1.33 bits per heavy atom. The Hall–Kier alpha value is -1.72. The number of benzene rings is 1. The second-order valence-electron chi connectivity index (χ2n) is 3.31. The number of aromatic nitrogens is 1. The molecule has 0 radical (unpaired) electrons. The van der Waals surface area contributed by atoms with E-state index in [0.717, 1.165) is 16.3 Å². The predicted octanol–water partition coefficient (Wildman–Crippen LogP) is 3.31. The molecule has 0 N–H and O–H groups in total. The molecule has 0 fully saturated rings. The first-order valence-corrected chi connectivity index (χ1v) is 4.94. The largest absolute Gasteiger partial charge is 0.308 e. The zero-order valence-electron chi connectivity index (χ0n) is 8.24. The first-order valence-electron chi connectivity index (χ1n) is 4.56. The van der Waals surface area contributed by atoms with Crippen molar-refractivity contribution in [2.24, 2.45) is 0 Å². The van der Waals surface area contributed by atoms with Gasteiger partial charge < -0.3 is 4.57 Å². The Morgan fingerprint density at radius 3 is 2.80 bits per heavy atom. The van der Waals surface area contributed by atoms with Crippen LogP contribution >= 0.6 is 11.6 Å². The topological polar surface area (TPSA) is 28.7 Å². The molecule has 0 aliphatic heterocycles. The predicted molar refractivity (Wildman–Crippen MR) is 60.2 cm³/mol. The van der Waals surface area contributed by atoms with Crippen molar-refractivity contribution >= 4 is 11.6 Å². The molecule has 0 aliphatic carbocycles. The average molecular weight is 217 g/mol. The van der Waals surface area contributed by atoms with Crippen LogP contribution in [0, 0.1) is 18.3 Å². The van der Waals surface area contributed by atoms with Crippen molar-refractivity contribution in [1.82, 2.24) is 4.57 Å². The van der Waals surface area contributed by atoms with E-state index in [0.29, 0.717) is 5.69 Å². The van der Waals surface area contributed by atoms with Crippen molar-refractivity contribution < 1.29 is 0 Å². The first-order chi connectivity index (χ1) is 7.22. The standard InChI is InChI=1S/C12H9ClN2/c1-9-7-10(4-5-12(9)13)15-6-2-3-11(15)8-14/h2-7H,1H3. The second-order valence-corrected chi connectivity index (χ2v) is 3.72. The van der Waals surface area contributed by atoms with Crippen LogP contribution in [0.5, 0.6) is 0 Å². The molecule has 1 heterocycles. The molecule has 2 aromatic rings. The normalized spacial score (nSPS) is 9.93. The molecule has 1 aromatic heterocycles. The number of hydrogen-bond acceptors (Lipinski definition) is 1. The highest BCUT2D eigenvalue weighted by Crippen LogP contribution is 2.20. The van der Waals surface area contributed by atoms with Crippen LogP contribution in [0.4, 0.5) is 0 Å². The summed E-state index contributed by atoms with van der Waals surface area (Å²) >= 11 is 5.94. The van der Waals surface area contributed by atoms with Gasteiger partial charge in [-0.25, -0.2) is 0 Å². The molecule has 0 atom stereocenters. The lowest BCUT2D eigenvalue weighted by Crippen LogP contribution is -1.95. The van der Waals surface area contributed by atoms with Crippen LogP contribution in [-0.4, -0.2) is 4.57 Å². The lowest BCUT2D eigenvalue weighted by Gasteiger charge is -2.06. The van der Waals surface area contributed by atoms with Gasteiger partial charge in [0.05, 0.1) is 0 Å². The fourth-order valence-electron chi connectivity index (χ4n) is 1.48. The van der Waals surface area contributed by atoms with Gasteiger partial charge in [0.25, 0.3) is 0 Å². The molecule has 0 saturated carbocycles. The van der Waals surface area contributed by atoms with E-state index < -0.39 is 0 Å². The molecule has 15 heavy (non-hydrogen) atoms. The minimum absolute atomic E-state index is 0.622. The maximum atomic E-state index is 8.90. The zero-order chi connectivity index (χ0) is 10.8. The molecule has 0 spiro atoms. The van der Waals surface area contributed by atoms with Gasteiger partial charge in [-0.2, -0.15) is 5.26 Å². The number of nitriles is 1. The van der Waals surface area contributed by atoms with Gasteiger partial charge in [-0.05, 0) is 42.8 Å². The minimum atomic E-state index is 0.622. The summed E-state index contributed by atoms with van der Waals surface area (Å²) in [7, 11) is 0. The number of hydrogen-bond donors (Lipinski definition) is 0. The van der Waals surface area contributed by atoms with E-state index >= 15 is 0 Å². The van der Waals surface area contributed by atoms with Gasteiger partial charge in [-0.15, -0.1) is 0 Å². The lowest BCUT2D eigenvalue weighted by molar-refractivity contribution is 1.05. The fraction of sp³-hybridized carbons (Fsp3) is 0.0833. The smallest absolute Gasteiger partial charge is 0.124 e. The van der Waals surface area contributed by atoms with E-state index in [1.54, 1.807) is 6.07 Å². The van der Waals surface area contributed by atoms with E-state index in [4.69, 9.17) is 16.9 Å². The van der Waals surface area contributed by atoms with Gasteiger partial charge in [0.15, 0.2) is 0 Å². The Labute approximate surface area is 93.3 Å². The van der Waals surface area contributed by atoms with Crippen molar-refractivity contribution in [3.63, 3.8) is 0 Å². The van der Waals surface area contributed by atoms with E-state index in [1.807, 2.05) is 42.0 Å². The summed E-state index contributed by atoms with van der Waals surface area (Å²) in [5.41, 5.74) is 2.59. The van der Waals surface area contributed by atoms with Crippen molar-refractivity contribution in [1.29, 1.82) is 5.26 Å². The van der Waals surface area contributed by atoms with E-state index in [2.05, 4.69) is 6.07 Å². The van der Waals surface area contributed by atoms with Gasteiger partial charge in [0, 0.05) is 16.9 Å².